The van der Waals surface area contributed by atoms with E-state index in [1.54, 1.807) is 0 Å². The van der Waals surface area contributed by atoms with Gasteiger partial charge in [0.05, 0.1) is 17.7 Å². The number of hydrogen-bond donors (Lipinski definition) is 1. The van der Waals surface area contributed by atoms with E-state index in [1.807, 2.05) is 52.0 Å². The smallest absolute Gasteiger partial charge is 0.227 e. The van der Waals surface area contributed by atoms with Crippen LogP contribution < -0.4 is 5.32 Å². The Bertz CT molecular complexity index is 615. The lowest BCUT2D eigenvalue weighted by Crippen LogP contribution is -2.30. The number of halogens is 1. The van der Waals surface area contributed by atoms with E-state index in [1.165, 1.54) is 0 Å². The molecule has 1 N–H and O–H groups in total. The average molecular weight is 307 g/mol. The molecule has 0 saturated heterocycles. The summed E-state index contributed by atoms with van der Waals surface area (Å²) in [5.41, 5.74) is 2.63. The Labute approximate surface area is 129 Å². The maximum atomic E-state index is 12.4. The summed E-state index contributed by atoms with van der Waals surface area (Å²) in [5.74, 6) is 0.340. The van der Waals surface area contributed by atoms with Crippen LogP contribution in [0, 0.1) is 13.8 Å². The van der Waals surface area contributed by atoms with Gasteiger partial charge in [-0.1, -0.05) is 28.9 Å². The van der Waals surface area contributed by atoms with E-state index >= 15 is 0 Å². The van der Waals surface area contributed by atoms with Crippen molar-refractivity contribution >= 4 is 17.5 Å². The number of amides is 1. The molecule has 2 atom stereocenters. The monoisotopic (exact) mass is 306 g/mol. The zero-order chi connectivity index (χ0) is 15.6. The third-order valence-electron chi connectivity index (χ3n) is 3.64. The third-order valence-corrected chi connectivity index (χ3v) is 3.90. The number of aromatic nitrogens is 1. The number of rotatable bonds is 4. The van der Waals surface area contributed by atoms with Crippen LogP contribution in [0.3, 0.4) is 0 Å². The van der Waals surface area contributed by atoms with E-state index in [0.29, 0.717) is 10.8 Å². The summed E-state index contributed by atoms with van der Waals surface area (Å²) < 4.78 is 5.12. The highest BCUT2D eigenvalue weighted by Gasteiger charge is 2.24. The van der Waals surface area contributed by atoms with Crippen LogP contribution in [0.15, 0.2) is 28.8 Å². The average Bonchev–Trinajstić information content (AvgIpc) is 2.78. The number of nitrogens with zero attached hydrogens (tertiary/aromatic N) is 1. The second kappa shape index (κ2) is 6.31. The Morgan fingerprint density at radius 2 is 1.86 bits per heavy atom. The van der Waals surface area contributed by atoms with Crippen molar-refractivity contribution < 1.29 is 9.32 Å². The quantitative estimate of drug-likeness (QED) is 0.931. The molecule has 112 valence electrons. The summed E-state index contributed by atoms with van der Waals surface area (Å²) in [6.07, 6.45) is 0. The Morgan fingerprint density at radius 3 is 2.38 bits per heavy atom. The molecule has 0 fully saturated rings. The lowest BCUT2D eigenvalue weighted by atomic mass is 9.98. The Balaban J connectivity index is 2.09. The van der Waals surface area contributed by atoms with Crippen molar-refractivity contribution in [2.75, 3.05) is 0 Å². The molecule has 0 spiro atoms. The molecule has 1 heterocycles. The molecule has 0 aliphatic rings. The maximum Gasteiger partial charge on any atom is 0.227 e. The summed E-state index contributed by atoms with van der Waals surface area (Å²) in [6.45, 7) is 7.47. The van der Waals surface area contributed by atoms with Crippen molar-refractivity contribution in [3.8, 4) is 0 Å². The standard InChI is InChI=1S/C16H19ClN2O2/c1-9(15-11(3)19-21-12(15)4)16(20)18-10(2)13-5-7-14(17)8-6-13/h5-10H,1-4H3,(H,18,20)/t9-,10-/m0/s1. The molecule has 0 aliphatic carbocycles. The van der Waals surface area contributed by atoms with Crippen LogP contribution in [0.1, 0.15) is 48.4 Å². The molecule has 1 aromatic carbocycles. The van der Waals surface area contributed by atoms with Crippen molar-refractivity contribution in [1.82, 2.24) is 10.5 Å². The molecule has 1 amide bonds. The highest BCUT2D eigenvalue weighted by molar-refractivity contribution is 6.30. The van der Waals surface area contributed by atoms with Gasteiger partial charge in [-0.2, -0.15) is 0 Å². The predicted octanol–water partition coefficient (Wildman–Crippen LogP) is 3.93. The van der Waals surface area contributed by atoms with Gasteiger partial charge in [-0.15, -0.1) is 0 Å². The van der Waals surface area contributed by atoms with Crippen LogP contribution in [-0.4, -0.2) is 11.1 Å². The van der Waals surface area contributed by atoms with Crippen molar-refractivity contribution in [3.63, 3.8) is 0 Å². The van der Waals surface area contributed by atoms with E-state index in [0.717, 1.165) is 16.8 Å². The summed E-state index contributed by atoms with van der Waals surface area (Å²) >= 11 is 5.87. The number of nitrogens with one attached hydrogen (secondary N) is 1. The molecule has 2 aromatic rings. The molecular formula is C16H19ClN2O2. The van der Waals surface area contributed by atoms with Crippen molar-refractivity contribution in [3.05, 3.63) is 51.9 Å². The normalized spacial score (nSPS) is 13.8. The van der Waals surface area contributed by atoms with Gasteiger partial charge in [-0.3, -0.25) is 4.79 Å². The van der Waals surface area contributed by atoms with E-state index < -0.39 is 0 Å². The Morgan fingerprint density at radius 1 is 1.24 bits per heavy atom. The van der Waals surface area contributed by atoms with Gasteiger partial charge in [0.1, 0.15) is 5.76 Å². The minimum Gasteiger partial charge on any atom is -0.361 e. The molecule has 0 bridgehead atoms. The van der Waals surface area contributed by atoms with Crippen LogP contribution in [0.5, 0.6) is 0 Å². The molecular weight excluding hydrogens is 288 g/mol. The van der Waals surface area contributed by atoms with Crippen molar-refractivity contribution in [2.45, 2.75) is 39.7 Å². The first-order valence-electron chi connectivity index (χ1n) is 6.88. The van der Waals surface area contributed by atoms with Crippen LogP contribution >= 0.6 is 11.6 Å². The Hall–Kier alpha value is -1.81. The van der Waals surface area contributed by atoms with Gasteiger partial charge in [0.25, 0.3) is 0 Å². The second-order valence-electron chi connectivity index (χ2n) is 5.24. The second-order valence-corrected chi connectivity index (χ2v) is 5.68. The summed E-state index contributed by atoms with van der Waals surface area (Å²) in [4.78, 5) is 12.4. The first kappa shape index (κ1) is 15.6. The van der Waals surface area contributed by atoms with Gasteiger partial charge in [0.15, 0.2) is 0 Å². The van der Waals surface area contributed by atoms with Crippen LogP contribution in [-0.2, 0) is 4.79 Å². The van der Waals surface area contributed by atoms with Gasteiger partial charge < -0.3 is 9.84 Å². The van der Waals surface area contributed by atoms with Gasteiger partial charge in [0.2, 0.25) is 5.91 Å². The highest BCUT2D eigenvalue weighted by Crippen LogP contribution is 2.24. The molecule has 21 heavy (non-hydrogen) atoms. The molecule has 1 aromatic heterocycles. The van der Waals surface area contributed by atoms with Crippen molar-refractivity contribution in [2.24, 2.45) is 0 Å². The van der Waals surface area contributed by atoms with Crippen molar-refractivity contribution in [1.29, 1.82) is 0 Å². The molecule has 0 unspecified atom stereocenters. The maximum absolute atomic E-state index is 12.4. The molecule has 5 heteroatoms. The summed E-state index contributed by atoms with van der Waals surface area (Å²) in [7, 11) is 0. The molecule has 0 saturated carbocycles. The lowest BCUT2D eigenvalue weighted by Gasteiger charge is -2.18. The fourth-order valence-electron chi connectivity index (χ4n) is 2.41. The summed E-state index contributed by atoms with van der Waals surface area (Å²) in [5, 5.41) is 7.59. The zero-order valence-corrected chi connectivity index (χ0v) is 13.4. The van der Waals surface area contributed by atoms with Crippen LogP contribution in [0.2, 0.25) is 5.02 Å². The minimum atomic E-state index is -0.300. The fraction of sp³-hybridized carbons (Fsp3) is 0.375. The summed E-state index contributed by atoms with van der Waals surface area (Å²) in [6, 6.07) is 7.37. The largest absolute Gasteiger partial charge is 0.361 e. The van der Waals surface area contributed by atoms with Gasteiger partial charge >= 0.3 is 0 Å². The number of carbonyl (C=O) groups is 1. The van der Waals surface area contributed by atoms with E-state index in [4.69, 9.17) is 16.1 Å². The van der Waals surface area contributed by atoms with Gasteiger partial charge in [0, 0.05) is 10.6 Å². The topological polar surface area (TPSA) is 55.1 Å². The highest BCUT2D eigenvalue weighted by atomic mass is 35.5. The zero-order valence-electron chi connectivity index (χ0n) is 12.6. The van der Waals surface area contributed by atoms with E-state index in [2.05, 4.69) is 10.5 Å². The molecule has 0 radical (unpaired) electrons. The lowest BCUT2D eigenvalue weighted by molar-refractivity contribution is -0.122. The first-order chi connectivity index (χ1) is 9.90. The SMILES string of the molecule is Cc1noc(C)c1[C@H](C)C(=O)N[C@@H](C)c1ccc(Cl)cc1. The molecule has 2 rings (SSSR count). The number of carbonyl (C=O) groups excluding carboxylic acids is 1. The predicted molar refractivity (Wildman–Crippen MR) is 82.4 cm³/mol. The molecule has 4 nitrogen and oxygen atoms in total. The number of benzene rings is 1. The minimum absolute atomic E-state index is 0.0492. The van der Waals surface area contributed by atoms with E-state index in [9.17, 15) is 4.79 Å². The van der Waals surface area contributed by atoms with Crippen LogP contribution in [0.25, 0.3) is 0 Å². The van der Waals surface area contributed by atoms with E-state index in [-0.39, 0.29) is 17.9 Å². The number of hydrogen-bond acceptors (Lipinski definition) is 3. The molecule has 0 aliphatic heterocycles. The number of aryl methyl sites for hydroxylation is 2. The van der Waals surface area contributed by atoms with Crippen LogP contribution in [0.4, 0.5) is 0 Å². The first-order valence-corrected chi connectivity index (χ1v) is 7.26. The van der Waals surface area contributed by atoms with Gasteiger partial charge in [-0.05, 0) is 45.4 Å². The third kappa shape index (κ3) is 3.45. The Kier molecular flexibility index (Phi) is 4.68. The fourth-order valence-corrected chi connectivity index (χ4v) is 2.54. The van der Waals surface area contributed by atoms with Gasteiger partial charge in [-0.25, -0.2) is 0 Å².